The molecule has 82 valence electrons. The molecule has 5 nitrogen and oxygen atoms in total. The Balaban J connectivity index is 4.07. The number of carbonyl (C=O) groups excluding carboxylic acids is 1. The standard InChI is InChI=1S/C9H16O5/c1-4-13-5-6(2)8(11)14-9(12)7(3)10/h5,7,9-10,12H,4H2,1-3H3/b6-5+. The molecule has 0 bridgehead atoms. The molecule has 0 aromatic rings. The van der Waals surface area contributed by atoms with Gasteiger partial charge in [0.1, 0.15) is 6.10 Å². The van der Waals surface area contributed by atoms with Crippen molar-refractivity contribution in [3.05, 3.63) is 11.8 Å². The van der Waals surface area contributed by atoms with Crippen LogP contribution in [-0.4, -0.2) is 35.2 Å². The first-order valence-electron chi connectivity index (χ1n) is 4.34. The van der Waals surface area contributed by atoms with E-state index in [1.165, 1.54) is 20.1 Å². The molecule has 0 aromatic heterocycles. The minimum absolute atomic E-state index is 0.228. The molecule has 5 heteroatoms. The van der Waals surface area contributed by atoms with Crippen LogP contribution in [0.25, 0.3) is 0 Å². The molecule has 2 N–H and O–H groups in total. The minimum Gasteiger partial charge on any atom is -0.501 e. The van der Waals surface area contributed by atoms with Gasteiger partial charge in [0.2, 0.25) is 6.29 Å². The SMILES string of the molecule is CCO/C=C(\C)C(=O)OC(O)C(C)O. The summed E-state index contributed by atoms with van der Waals surface area (Å²) in [5.41, 5.74) is 0.228. The Morgan fingerprint density at radius 3 is 2.50 bits per heavy atom. The first kappa shape index (κ1) is 12.9. The molecule has 0 radical (unpaired) electrons. The van der Waals surface area contributed by atoms with Gasteiger partial charge >= 0.3 is 5.97 Å². The van der Waals surface area contributed by atoms with Gasteiger partial charge in [-0.25, -0.2) is 4.79 Å². The van der Waals surface area contributed by atoms with Crippen LogP contribution >= 0.6 is 0 Å². The Morgan fingerprint density at radius 1 is 1.50 bits per heavy atom. The quantitative estimate of drug-likeness (QED) is 0.289. The topological polar surface area (TPSA) is 76.0 Å². The van der Waals surface area contributed by atoms with Crippen molar-refractivity contribution < 1.29 is 24.5 Å². The van der Waals surface area contributed by atoms with Gasteiger partial charge in [-0.1, -0.05) is 0 Å². The molecule has 0 saturated carbocycles. The highest BCUT2D eigenvalue weighted by Gasteiger charge is 2.17. The predicted molar refractivity (Wildman–Crippen MR) is 49.2 cm³/mol. The monoisotopic (exact) mass is 204 g/mol. The van der Waals surface area contributed by atoms with Gasteiger partial charge in [0.25, 0.3) is 0 Å². The third-order valence-electron chi connectivity index (χ3n) is 1.39. The Kier molecular flexibility index (Phi) is 5.91. The van der Waals surface area contributed by atoms with Crippen LogP contribution in [-0.2, 0) is 14.3 Å². The van der Waals surface area contributed by atoms with Gasteiger partial charge in [0, 0.05) is 0 Å². The molecule has 0 aliphatic carbocycles. The van der Waals surface area contributed by atoms with Gasteiger partial charge in [-0.15, -0.1) is 0 Å². The van der Waals surface area contributed by atoms with E-state index >= 15 is 0 Å². The normalized spacial score (nSPS) is 15.9. The lowest BCUT2D eigenvalue weighted by atomic mass is 10.3. The van der Waals surface area contributed by atoms with Crippen LogP contribution in [0.1, 0.15) is 20.8 Å². The number of ether oxygens (including phenoxy) is 2. The number of carbonyl (C=O) groups is 1. The van der Waals surface area contributed by atoms with E-state index in [1.54, 1.807) is 6.92 Å². The number of aliphatic hydroxyl groups excluding tert-OH is 2. The van der Waals surface area contributed by atoms with E-state index in [-0.39, 0.29) is 5.57 Å². The highest BCUT2D eigenvalue weighted by atomic mass is 16.6. The van der Waals surface area contributed by atoms with E-state index in [0.29, 0.717) is 6.61 Å². The van der Waals surface area contributed by atoms with Gasteiger partial charge < -0.3 is 19.7 Å². The highest BCUT2D eigenvalue weighted by Crippen LogP contribution is 2.02. The predicted octanol–water partition coefficient (Wildman–Crippen LogP) is 0.169. The van der Waals surface area contributed by atoms with Crippen molar-refractivity contribution in [2.75, 3.05) is 6.61 Å². The number of rotatable bonds is 5. The summed E-state index contributed by atoms with van der Waals surface area (Å²) in [7, 11) is 0. The Bertz CT molecular complexity index is 209. The first-order valence-corrected chi connectivity index (χ1v) is 4.34. The molecule has 2 atom stereocenters. The maximum Gasteiger partial charge on any atom is 0.339 e. The lowest BCUT2D eigenvalue weighted by molar-refractivity contribution is -0.180. The van der Waals surface area contributed by atoms with Crippen LogP contribution in [0, 0.1) is 0 Å². The van der Waals surface area contributed by atoms with E-state index in [4.69, 9.17) is 14.9 Å². The molecule has 14 heavy (non-hydrogen) atoms. The fourth-order valence-electron chi connectivity index (χ4n) is 0.558. The number of esters is 1. The zero-order valence-electron chi connectivity index (χ0n) is 8.56. The van der Waals surface area contributed by atoms with Gasteiger partial charge in [-0.05, 0) is 20.8 Å². The zero-order valence-corrected chi connectivity index (χ0v) is 8.56. The highest BCUT2D eigenvalue weighted by molar-refractivity contribution is 5.87. The summed E-state index contributed by atoms with van der Waals surface area (Å²) in [5.74, 6) is -0.716. The van der Waals surface area contributed by atoms with Gasteiger partial charge in [0.05, 0.1) is 18.4 Å². The zero-order chi connectivity index (χ0) is 11.1. The van der Waals surface area contributed by atoms with E-state index in [0.717, 1.165) is 0 Å². The molecule has 0 heterocycles. The third-order valence-corrected chi connectivity index (χ3v) is 1.39. The number of hydrogen-bond donors (Lipinski definition) is 2. The lowest BCUT2D eigenvalue weighted by Gasteiger charge is -2.14. The van der Waals surface area contributed by atoms with E-state index in [9.17, 15) is 4.79 Å². The summed E-state index contributed by atoms with van der Waals surface area (Å²) in [6, 6.07) is 0. The summed E-state index contributed by atoms with van der Waals surface area (Å²) in [6.45, 7) is 5.04. The second-order valence-electron chi connectivity index (χ2n) is 2.79. The van der Waals surface area contributed by atoms with Crippen molar-refractivity contribution in [3.63, 3.8) is 0 Å². The third kappa shape index (κ3) is 4.84. The fraction of sp³-hybridized carbons (Fsp3) is 0.667. The molecule has 0 fully saturated rings. The van der Waals surface area contributed by atoms with Crippen molar-refractivity contribution in [1.29, 1.82) is 0 Å². The van der Waals surface area contributed by atoms with E-state index < -0.39 is 18.4 Å². The second-order valence-corrected chi connectivity index (χ2v) is 2.79. The summed E-state index contributed by atoms with van der Waals surface area (Å²) in [4.78, 5) is 11.1. The average Bonchev–Trinajstić information content (AvgIpc) is 2.13. The van der Waals surface area contributed by atoms with E-state index in [1.807, 2.05) is 0 Å². The maximum atomic E-state index is 11.1. The number of hydrogen-bond acceptors (Lipinski definition) is 5. The second kappa shape index (κ2) is 6.39. The summed E-state index contributed by atoms with van der Waals surface area (Å²) in [6.07, 6.45) is -1.37. The Morgan fingerprint density at radius 2 is 2.07 bits per heavy atom. The van der Waals surface area contributed by atoms with Crippen molar-refractivity contribution >= 4 is 5.97 Å². The van der Waals surface area contributed by atoms with Gasteiger partial charge in [0.15, 0.2) is 0 Å². The molecule has 0 spiro atoms. The molecule has 0 aliphatic heterocycles. The maximum absolute atomic E-state index is 11.1. The smallest absolute Gasteiger partial charge is 0.339 e. The molecule has 0 rings (SSSR count). The van der Waals surface area contributed by atoms with Crippen LogP contribution < -0.4 is 0 Å². The minimum atomic E-state index is -1.51. The van der Waals surface area contributed by atoms with Crippen LogP contribution in [0.4, 0.5) is 0 Å². The Labute approximate surface area is 82.9 Å². The molecule has 0 amide bonds. The molecule has 0 aromatic carbocycles. The van der Waals surface area contributed by atoms with Crippen molar-refractivity contribution in [1.82, 2.24) is 0 Å². The number of aliphatic hydroxyl groups is 2. The molecule has 0 saturated heterocycles. The van der Waals surface area contributed by atoms with Crippen molar-refractivity contribution in [3.8, 4) is 0 Å². The van der Waals surface area contributed by atoms with Crippen LogP contribution in [0.15, 0.2) is 11.8 Å². The first-order chi connectivity index (χ1) is 6.49. The lowest BCUT2D eigenvalue weighted by Crippen LogP contribution is -2.28. The fourth-order valence-corrected chi connectivity index (χ4v) is 0.558. The molecule has 0 aliphatic rings. The van der Waals surface area contributed by atoms with Crippen LogP contribution in [0.3, 0.4) is 0 Å². The van der Waals surface area contributed by atoms with Crippen molar-refractivity contribution in [2.45, 2.75) is 33.2 Å². The summed E-state index contributed by atoms with van der Waals surface area (Å²) < 4.78 is 9.34. The van der Waals surface area contributed by atoms with Gasteiger partial charge in [-0.3, -0.25) is 0 Å². The van der Waals surface area contributed by atoms with Crippen molar-refractivity contribution in [2.24, 2.45) is 0 Å². The van der Waals surface area contributed by atoms with Crippen LogP contribution in [0.2, 0.25) is 0 Å². The average molecular weight is 204 g/mol. The summed E-state index contributed by atoms with van der Waals surface area (Å²) in [5, 5.41) is 17.9. The largest absolute Gasteiger partial charge is 0.501 e. The molecular formula is C9H16O5. The molecular weight excluding hydrogens is 188 g/mol. The molecule has 2 unspecified atom stereocenters. The Hall–Kier alpha value is -1.07. The van der Waals surface area contributed by atoms with Gasteiger partial charge in [-0.2, -0.15) is 0 Å². The summed E-state index contributed by atoms with van der Waals surface area (Å²) >= 11 is 0. The van der Waals surface area contributed by atoms with E-state index in [2.05, 4.69) is 4.74 Å². The van der Waals surface area contributed by atoms with Crippen LogP contribution in [0.5, 0.6) is 0 Å².